The summed E-state index contributed by atoms with van der Waals surface area (Å²) in [6.45, 7) is 0. The third-order valence-electron chi connectivity index (χ3n) is 1.02. The van der Waals surface area contributed by atoms with Gasteiger partial charge >= 0.3 is 0 Å². The fraction of sp³-hybridized carbons (Fsp3) is 0. The predicted octanol–water partition coefficient (Wildman–Crippen LogP) is 1.49. The van der Waals surface area contributed by atoms with E-state index in [0.29, 0.717) is 4.90 Å². The Labute approximate surface area is 103 Å². The Morgan fingerprint density at radius 3 is 2.27 bits per heavy atom. The third kappa shape index (κ3) is 3.52. The van der Waals surface area contributed by atoms with Crippen LogP contribution in [0.4, 0.5) is 0 Å². The second-order valence-electron chi connectivity index (χ2n) is 1.68. The van der Waals surface area contributed by atoms with Gasteiger partial charge in [0.1, 0.15) is 0 Å². The topological polar surface area (TPSA) is 37.3 Å². The molecule has 1 aromatic carbocycles. The molecule has 1 atom stereocenters. The van der Waals surface area contributed by atoms with E-state index in [0.717, 1.165) is 3.57 Å². The molecule has 1 N–H and O–H groups in total. The third-order valence-corrected chi connectivity index (χ3v) is 3.06. The van der Waals surface area contributed by atoms with E-state index in [4.69, 9.17) is 4.55 Å². The van der Waals surface area contributed by atoms with Crippen LogP contribution in [0.3, 0.4) is 0 Å². The average Bonchev–Trinajstić information content (AvgIpc) is 1.88. The zero-order valence-corrected chi connectivity index (χ0v) is 10.9. The molecule has 0 aliphatic carbocycles. The summed E-state index contributed by atoms with van der Waals surface area (Å²) in [6, 6.07) is 7.01. The van der Waals surface area contributed by atoms with Gasteiger partial charge in [-0.15, -0.1) is 0 Å². The van der Waals surface area contributed by atoms with Crippen molar-refractivity contribution in [1.29, 1.82) is 0 Å². The van der Waals surface area contributed by atoms with Crippen LogP contribution in [0.25, 0.3) is 0 Å². The number of halogens is 1. The Morgan fingerprint density at radius 1 is 1.36 bits per heavy atom. The maximum atomic E-state index is 10.5. The smallest absolute Gasteiger partial charge is 0.187 e. The second kappa shape index (κ2) is 5.66. The monoisotopic (exact) mass is 291 g/mol. The molecule has 1 aromatic rings. The van der Waals surface area contributed by atoms with Gasteiger partial charge in [0, 0.05) is 33.1 Å². The van der Waals surface area contributed by atoms with E-state index in [1.54, 1.807) is 18.2 Å². The molecule has 5 heteroatoms. The number of hydrogen-bond acceptors (Lipinski definition) is 1. The van der Waals surface area contributed by atoms with Crippen LogP contribution in [0.1, 0.15) is 0 Å². The summed E-state index contributed by atoms with van der Waals surface area (Å²) in [4.78, 5) is 0.475. The second-order valence-corrected chi connectivity index (χ2v) is 3.78. The fourth-order valence-electron chi connectivity index (χ4n) is 0.586. The molecule has 0 fully saturated rings. The van der Waals surface area contributed by atoms with E-state index in [1.807, 2.05) is 28.7 Å². The van der Waals surface area contributed by atoms with Gasteiger partial charge in [-0.1, -0.05) is 12.1 Å². The molecular weight excluding hydrogens is 286 g/mol. The minimum Gasteiger partial charge on any atom is -0.302 e. The van der Waals surface area contributed by atoms with Crippen molar-refractivity contribution < 1.29 is 8.76 Å². The minimum absolute atomic E-state index is 0. The van der Waals surface area contributed by atoms with Crippen molar-refractivity contribution in [2.45, 2.75) is 4.90 Å². The Hall–Kier alpha value is 1.06. The van der Waals surface area contributed by atoms with Crippen molar-refractivity contribution in [2.24, 2.45) is 0 Å². The first-order valence-corrected chi connectivity index (χ1v) is 4.76. The predicted molar refractivity (Wildman–Crippen MR) is 54.0 cm³/mol. The van der Waals surface area contributed by atoms with Gasteiger partial charge in [-0.05, 0) is 34.7 Å². The van der Waals surface area contributed by atoms with Crippen molar-refractivity contribution in [1.82, 2.24) is 0 Å². The van der Waals surface area contributed by atoms with E-state index < -0.39 is 11.1 Å². The first-order chi connectivity index (χ1) is 4.72. The van der Waals surface area contributed by atoms with Crippen LogP contribution in [-0.2, 0) is 11.1 Å². The van der Waals surface area contributed by atoms with Crippen molar-refractivity contribution in [3.05, 3.63) is 27.8 Å². The summed E-state index contributed by atoms with van der Waals surface area (Å²) in [7, 11) is 0. The maximum absolute atomic E-state index is 10.5. The first kappa shape index (κ1) is 12.1. The minimum atomic E-state index is -1.85. The van der Waals surface area contributed by atoms with Crippen LogP contribution in [0, 0.1) is 3.57 Å². The SMILES string of the molecule is O=S(O)c1ccccc1I.[Na]. The van der Waals surface area contributed by atoms with Gasteiger partial charge in [-0.25, -0.2) is 4.21 Å². The van der Waals surface area contributed by atoms with Gasteiger partial charge in [0.05, 0.1) is 4.90 Å². The molecule has 0 amide bonds. The summed E-state index contributed by atoms with van der Waals surface area (Å²) >= 11 is 0.175. The molecule has 0 bridgehead atoms. The molecule has 1 rings (SSSR count). The average molecular weight is 291 g/mol. The summed E-state index contributed by atoms with van der Waals surface area (Å²) in [5.74, 6) is 0. The molecule has 11 heavy (non-hydrogen) atoms. The van der Waals surface area contributed by atoms with Crippen LogP contribution < -0.4 is 0 Å². The van der Waals surface area contributed by atoms with Gasteiger partial charge in [-0.3, -0.25) is 0 Å². The summed E-state index contributed by atoms with van der Waals surface area (Å²) < 4.78 is 20.0. The zero-order chi connectivity index (χ0) is 7.56. The zero-order valence-electron chi connectivity index (χ0n) is 5.95. The first-order valence-electron chi connectivity index (χ1n) is 2.57. The molecule has 0 spiro atoms. The standard InChI is InChI=1S/C6H5IO2S.Na/c7-5-3-1-2-4-6(5)10(8)9;/h1-4H,(H,8,9);. The largest absolute Gasteiger partial charge is 0.302 e. The van der Waals surface area contributed by atoms with E-state index in [2.05, 4.69) is 0 Å². The van der Waals surface area contributed by atoms with Crippen molar-refractivity contribution >= 4 is 63.2 Å². The molecule has 0 aliphatic heterocycles. The Bertz CT molecular complexity index is 267. The summed E-state index contributed by atoms with van der Waals surface area (Å²) in [5, 5.41) is 0. The molecule has 0 aliphatic rings. The van der Waals surface area contributed by atoms with Crippen LogP contribution in [-0.4, -0.2) is 38.3 Å². The maximum Gasteiger partial charge on any atom is 0.187 e. The van der Waals surface area contributed by atoms with Gasteiger partial charge in [0.2, 0.25) is 0 Å². The van der Waals surface area contributed by atoms with Crippen LogP contribution in [0.2, 0.25) is 0 Å². The molecule has 55 valence electrons. The Morgan fingerprint density at radius 2 is 1.91 bits per heavy atom. The van der Waals surface area contributed by atoms with Crippen molar-refractivity contribution in [2.75, 3.05) is 0 Å². The molecule has 2 nitrogen and oxygen atoms in total. The number of benzene rings is 1. The Balaban J connectivity index is 0.000001000. The van der Waals surface area contributed by atoms with Crippen LogP contribution in [0.5, 0.6) is 0 Å². The molecule has 1 unspecified atom stereocenters. The number of rotatable bonds is 1. The molecule has 0 saturated carbocycles. The van der Waals surface area contributed by atoms with E-state index in [9.17, 15) is 4.21 Å². The molecule has 0 aromatic heterocycles. The summed E-state index contributed by atoms with van der Waals surface area (Å²) in [6.07, 6.45) is 0. The molecule has 0 heterocycles. The summed E-state index contributed by atoms with van der Waals surface area (Å²) in [5.41, 5.74) is 0. The van der Waals surface area contributed by atoms with Crippen LogP contribution >= 0.6 is 22.6 Å². The van der Waals surface area contributed by atoms with E-state index >= 15 is 0 Å². The molecule has 1 radical (unpaired) electrons. The van der Waals surface area contributed by atoms with Gasteiger partial charge in [0.25, 0.3) is 0 Å². The Kier molecular flexibility index (Phi) is 6.21. The van der Waals surface area contributed by atoms with E-state index in [1.165, 1.54) is 0 Å². The van der Waals surface area contributed by atoms with Crippen LogP contribution in [0.15, 0.2) is 29.2 Å². The van der Waals surface area contributed by atoms with Crippen molar-refractivity contribution in [3.8, 4) is 0 Å². The van der Waals surface area contributed by atoms with Crippen molar-refractivity contribution in [3.63, 3.8) is 0 Å². The quantitative estimate of drug-likeness (QED) is 0.483. The molecule has 0 saturated heterocycles. The fourth-order valence-corrected chi connectivity index (χ4v) is 1.97. The van der Waals surface area contributed by atoms with Gasteiger partial charge in [0.15, 0.2) is 11.1 Å². The van der Waals surface area contributed by atoms with Gasteiger partial charge in [-0.2, -0.15) is 0 Å². The normalized spacial score (nSPS) is 11.8. The van der Waals surface area contributed by atoms with E-state index in [-0.39, 0.29) is 29.6 Å². The number of hydrogen-bond donors (Lipinski definition) is 1. The van der Waals surface area contributed by atoms with Gasteiger partial charge < -0.3 is 4.55 Å². The molecular formula is C6H5INaO2S.